The van der Waals surface area contributed by atoms with Crippen molar-refractivity contribution in [2.75, 3.05) is 32.7 Å². The summed E-state index contributed by atoms with van der Waals surface area (Å²) in [6, 6.07) is 2.48. The predicted molar refractivity (Wildman–Crippen MR) is 80.5 cm³/mol. The van der Waals surface area contributed by atoms with E-state index in [9.17, 15) is 0 Å². The fourth-order valence-corrected chi connectivity index (χ4v) is 3.76. The predicted octanol–water partition coefficient (Wildman–Crippen LogP) is 2.08. The highest BCUT2D eigenvalue weighted by molar-refractivity contribution is 4.88. The average Bonchev–Trinajstić information content (AvgIpc) is 3.31. The van der Waals surface area contributed by atoms with Gasteiger partial charge in [0.15, 0.2) is 0 Å². The summed E-state index contributed by atoms with van der Waals surface area (Å²) in [5, 5.41) is 3.81. The Bertz CT molecular complexity index is 263. The Morgan fingerprint density at radius 2 is 1.63 bits per heavy atom. The maximum Gasteiger partial charge on any atom is 0.0193 e. The zero-order chi connectivity index (χ0) is 13.1. The first-order chi connectivity index (χ1) is 9.33. The Hall–Kier alpha value is -0.120. The Kier molecular flexibility index (Phi) is 4.78. The van der Waals surface area contributed by atoms with E-state index in [1.54, 1.807) is 0 Å². The van der Waals surface area contributed by atoms with E-state index in [0.29, 0.717) is 6.04 Å². The van der Waals surface area contributed by atoms with Crippen LogP contribution in [0.25, 0.3) is 0 Å². The van der Waals surface area contributed by atoms with Crippen LogP contribution in [0, 0.1) is 0 Å². The first kappa shape index (κ1) is 13.8. The maximum absolute atomic E-state index is 3.81. The molecule has 2 saturated carbocycles. The summed E-state index contributed by atoms with van der Waals surface area (Å²) in [5.41, 5.74) is 0. The molecule has 0 aromatic heterocycles. The quantitative estimate of drug-likeness (QED) is 0.821. The molecule has 1 saturated heterocycles. The van der Waals surface area contributed by atoms with Crippen LogP contribution >= 0.6 is 0 Å². The van der Waals surface area contributed by atoms with Gasteiger partial charge in [-0.3, -0.25) is 9.80 Å². The molecule has 110 valence electrons. The SMILES string of the molecule is CC(CNC1CCCCC1)N1CCN(C2CC2)CC1. The standard InChI is InChI=1S/C16H31N3/c1-14(13-17-15-5-3-2-4-6-15)18-9-11-19(12-10-18)16-7-8-16/h14-17H,2-13H2,1H3. The van der Waals surface area contributed by atoms with Crippen molar-refractivity contribution in [2.45, 2.75) is 70.0 Å². The second-order valence-electron chi connectivity index (χ2n) is 6.90. The van der Waals surface area contributed by atoms with Crippen LogP contribution < -0.4 is 5.32 Å². The number of hydrogen-bond acceptors (Lipinski definition) is 3. The normalized spacial score (nSPS) is 29.5. The lowest BCUT2D eigenvalue weighted by Crippen LogP contribution is -2.53. The van der Waals surface area contributed by atoms with Gasteiger partial charge in [-0.1, -0.05) is 19.3 Å². The average molecular weight is 265 g/mol. The molecule has 0 aromatic rings. The molecule has 3 aliphatic rings. The third-order valence-electron chi connectivity index (χ3n) is 5.34. The van der Waals surface area contributed by atoms with Crippen LogP contribution in [0.4, 0.5) is 0 Å². The number of nitrogens with one attached hydrogen (secondary N) is 1. The molecule has 0 bridgehead atoms. The third-order valence-corrected chi connectivity index (χ3v) is 5.34. The van der Waals surface area contributed by atoms with Gasteiger partial charge in [-0.2, -0.15) is 0 Å². The number of piperazine rings is 1. The zero-order valence-electron chi connectivity index (χ0n) is 12.6. The van der Waals surface area contributed by atoms with E-state index in [4.69, 9.17) is 0 Å². The minimum Gasteiger partial charge on any atom is -0.312 e. The monoisotopic (exact) mass is 265 g/mol. The number of rotatable bonds is 5. The number of nitrogens with zero attached hydrogens (tertiary/aromatic N) is 2. The molecule has 2 aliphatic carbocycles. The van der Waals surface area contributed by atoms with E-state index in [-0.39, 0.29) is 0 Å². The molecule has 1 aliphatic heterocycles. The van der Waals surface area contributed by atoms with E-state index in [0.717, 1.165) is 12.1 Å². The fraction of sp³-hybridized carbons (Fsp3) is 1.00. The zero-order valence-corrected chi connectivity index (χ0v) is 12.6. The first-order valence-corrected chi connectivity index (χ1v) is 8.54. The molecule has 1 atom stereocenters. The summed E-state index contributed by atoms with van der Waals surface area (Å²) in [5.74, 6) is 0. The molecule has 0 amide bonds. The van der Waals surface area contributed by atoms with Crippen LogP contribution in [0.2, 0.25) is 0 Å². The van der Waals surface area contributed by atoms with Gasteiger partial charge in [0, 0.05) is 50.8 Å². The molecular formula is C16H31N3. The summed E-state index contributed by atoms with van der Waals surface area (Å²) in [4.78, 5) is 5.40. The lowest BCUT2D eigenvalue weighted by molar-refractivity contribution is 0.0950. The van der Waals surface area contributed by atoms with Crippen LogP contribution in [0.15, 0.2) is 0 Å². The van der Waals surface area contributed by atoms with E-state index >= 15 is 0 Å². The molecule has 0 spiro atoms. The van der Waals surface area contributed by atoms with E-state index in [1.165, 1.54) is 77.7 Å². The molecular weight excluding hydrogens is 234 g/mol. The third kappa shape index (κ3) is 3.93. The fourth-order valence-electron chi connectivity index (χ4n) is 3.76. The first-order valence-electron chi connectivity index (χ1n) is 8.54. The van der Waals surface area contributed by atoms with Gasteiger partial charge in [0.1, 0.15) is 0 Å². The van der Waals surface area contributed by atoms with Gasteiger partial charge in [0.2, 0.25) is 0 Å². The molecule has 3 heteroatoms. The Balaban J connectivity index is 1.34. The van der Waals surface area contributed by atoms with Crippen molar-refractivity contribution in [3.8, 4) is 0 Å². The van der Waals surface area contributed by atoms with Crippen molar-refractivity contribution in [3.05, 3.63) is 0 Å². The minimum absolute atomic E-state index is 0.711. The highest BCUT2D eigenvalue weighted by Gasteiger charge is 2.32. The number of hydrogen-bond donors (Lipinski definition) is 1. The molecule has 3 nitrogen and oxygen atoms in total. The highest BCUT2D eigenvalue weighted by atomic mass is 15.3. The molecule has 1 N–H and O–H groups in total. The van der Waals surface area contributed by atoms with Gasteiger partial charge in [-0.05, 0) is 32.6 Å². The summed E-state index contributed by atoms with van der Waals surface area (Å²) in [6.45, 7) is 8.77. The van der Waals surface area contributed by atoms with Crippen molar-refractivity contribution < 1.29 is 0 Å². The van der Waals surface area contributed by atoms with Gasteiger partial charge in [0.05, 0.1) is 0 Å². The lowest BCUT2D eigenvalue weighted by atomic mass is 9.95. The highest BCUT2D eigenvalue weighted by Crippen LogP contribution is 2.27. The van der Waals surface area contributed by atoms with Crippen LogP contribution in [0.5, 0.6) is 0 Å². The minimum atomic E-state index is 0.711. The van der Waals surface area contributed by atoms with E-state index in [1.807, 2.05) is 0 Å². The van der Waals surface area contributed by atoms with Gasteiger partial charge >= 0.3 is 0 Å². The van der Waals surface area contributed by atoms with Crippen molar-refractivity contribution >= 4 is 0 Å². The molecule has 3 rings (SSSR count). The topological polar surface area (TPSA) is 18.5 Å². The van der Waals surface area contributed by atoms with Crippen molar-refractivity contribution in [1.29, 1.82) is 0 Å². The summed E-state index contributed by atoms with van der Waals surface area (Å²) in [6.07, 6.45) is 10.1. The van der Waals surface area contributed by atoms with Crippen molar-refractivity contribution in [2.24, 2.45) is 0 Å². The van der Waals surface area contributed by atoms with Gasteiger partial charge in [-0.25, -0.2) is 0 Å². The van der Waals surface area contributed by atoms with Crippen LogP contribution in [-0.2, 0) is 0 Å². The van der Waals surface area contributed by atoms with Gasteiger partial charge in [0.25, 0.3) is 0 Å². The van der Waals surface area contributed by atoms with Crippen molar-refractivity contribution in [3.63, 3.8) is 0 Å². The summed E-state index contributed by atoms with van der Waals surface area (Å²) < 4.78 is 0. The molecule has 19 heavy (non-hydrogen) atoms. The molecule has 3 fully saturated rings. The largest absolute Gasteiger partial charge is 0.312 e. The molecule has 0 aromatic carbocycles. The second kappa shape index (κ2) is 6.55. The lowest BCUT2D eigenvalue weighted by Gasteiger charge is -2.39. The van der Waals surface area contributed by atoms with Crippen LogP contribution in [-0.4, -0.2) is 60.6 Å². The second-order valence-corrected chi connectivity index (χ2v) is 6.90. The van der Waals surface area contributed by atoms with E-state index < -0.39 is 0 Å². The summed E-state index contributed by atoms with van der Waals surface area (Å²) in [7, 11) is 0. The van der Waals surface area contributed by atoms with Crippen LogP contribution in [0.3, 0.4) is 0 Å². The smallest absolute Gasteiger partial charge is 0.0193 e. The Labute approximate surface area is 118 Å². The van der Waals surface area contributed by atoms with Crippen LogP contribution in [0.1, 0.15) is 51.9 Å². The van der Waals surface area contributed by atoms with Crippen molar-refractivity contribution in [1.82, 2.24) is 15.1 Å². The molecule has 1 heterocycles. The Morgan fingerprint density at radius 1 is 0.947 bits per heavy atom. The summed E-state index contributed by atoms with van der Waals surface area (Å²) >= 11 is 0. The van der Waals surface area contributed by atoms with Gasteiger partial charge in [-0.15, -0.1) is 0 Å². The van der Waals surface area contributed by atoms with Gasteiger partial charge < -0.3 is 5.32 Å². The molecule has 0 radical (unpaired) electrons. The maximum atomic E-state index is 3.81. The molecule has 1 unspecified atom stereocenters. The van der Waals surface area contributed by atoms with E-state index in [2.05, 4.69) is 22.0 Å². The Morgan fingerprint density at radius 3 is 2.26 bits per heavy atom.